The first-order valence-corrected chi connectivity index (χ1v) is 12.3. The maximum absolute atomic E-state index is 14.0. The fourth-order valence-electron chi connectivity index (χ4n) is 6.15. The quantitative estimate of drug-likeness (QED) is 0.550. The molecule has 1 amide bonds. The SMILES string of the molecule is O=C1N(CC2CC2)CC[C@@]12CN(C(c1ccccc1)c1ccccc1)C[C@H]2c1cccnc1. The molecule has 3 heterocycles. The zero-order valence-electron chi connectivity index (χ0n) is 19.0. The molecule has 0 radical (unpaired) electrons. The van der Waals surface area contributed by atoms with E-state index in [0.717, 1.165) is 38.5 Å². The molecule has 2 atom stereocenters. The lowest BCUT2D eigenvalue weighted by molar-refractivity contribution is -0.136. The molecule has 1 aliphatic carbocycles. The van der Waals surface area contributed by atoms with Crippen molar-refractivity contribution in [3.63, 3.8) is 0 Å². The Morgan fingerprint density at radius 1 is 0.939 bits per heavy atom. The minimum Gasteiger partial charge on any atom is -0.342 e. The standard InChI is InChI=1S/C29H31N3O/c33-28-29(15-17-31(28)19-22-13-14-22)21-32(20-26(29)25-12-7-16-30-18-25)27(23-8-3-1-4-9-23)24-10-5-2-6-11-24/h1-12,16,18,22,26-27H,13-15,17,19-21H2/t26-,29-/m0/s1. The molecule has 2 saturated heterocycles. The zero-order valence-corrected chi connectivity index (χ0v) is 19.0. The van der Waals surface area contributed by atoms with Gasteiger partial charge in [0.2, 0.25) is 5.91 Å². The van der Waals surface area contributed by atoms with Gasteiger partial charge >= 0.3 is 0 Å². The Kier molecular flexibility index (Phi) is 5.26. The van der Waals surface area contributed by atoms with E-state index in [9.17, 15) is 4.79 Å². The van der Waals surface area contributed by atoms with E-state index in [1.54, 1.807) is 0 Å². The third-order valence-electron chi connectivity index (χ3n) is 7.97. The highest BCUT2D eigenvalue weighted by Crippen LogP contribution is 2.52. The van der Waals surface area contributed by atoms with Crippen molar-refractivity contribution in [2.75, 3.05) is 26.2 Å². The van der Waals surface area contributed by atoms with E-state index in [4.69, 9.17) is 0 Å². The van der Waals surface area contributed by atoms with Gasteiger partial charge in [0.05, 0.1) is 11.5 Å². The predicted molar refractivity (Wildman–Crippen MR) is 130 cm³/mol. The Bertz CT molecular complexity index is 1060. The molecule has 1 aromatic heterocycles. The maximum atomic E-state index is 14.0. The largest absolute Gasteiger partial charge is 0.342 e. The lowest BCUT2D eigenvalue weighted by Crippen LogP contribution is -2.40. The van der Waals surface area contributed by atoms with Crippen molar-refractivity contribution in [2.24, 2.45) is 11.3 Å². The number of benzene rings is 2. The van der Waals surface area contributed by atoms with Crippen LogP contribution in [0.1, 0.15) is 47.9 Å². The first kappa shape index (κ1) is 20.6. The highest BCUT2D eigenvalue weighted by atomic mass is 16.2. The van der Waals surface area contributed by atoms with Crippen LogP contribution in [0.5, 0.6) is 0 Å². The van der Waals surface area contributed by atoms with Gasteiger partial charge < -0.3 is 4.90 Å². The Hall–Kier alpha value is -2.98. The number of aromatic nitrogens is 1. The molecule has 0 unspecified atom stereocenters. The zero-order chi connectivity index (χ0) is 22.3. The van der Waals surface area contributed by atoms with Gasteiger partial charge in [-0.05, 0) is 47.9 Å². The van der Waals surface area contributed by atoms with Crippen LogP contribution in [0, 0.1) is 11.3 Å². The molecule has 4 heteroatoms. The molecular formula is C29H31N3O. The molecule has 2 aromatic carbocycles. The number of rotatable bonds is 6. The van der Waals surface area contributed by atoms with Crippen molar-refractivity contribution in [1.82, 2.24) is 14.8 Å². The van der Waals surface area contributed by atoms with Crippen LogP contribution in [0.3, 0.4) is 0 Å². The summed E-state index contributed by atoms with van der Waals surface area (Å²) >= 11 is 0. The van der Waals surface area contributed by atoms with E-state index in [1.165, 1.54) is 29.5 Å². The lowest BCUT2D eigenvalue weighted by atomic mass is 9.73. The van der Waals surface area contributed by atoms with E-state index in [2.05, 4.69) is 81.5 Å². The van der Waals surface area contributed by atoms with Crippen molar-refractivity contribution in [3.8, 4) is 0 Å². The first-order valence-electron chi connectivity index (χ1n) is 12.3. The topological polar surface area (TPSA) is 36.4 Å². The van der Waals surface area contributed by atoms with Gasteiger partial charge in [-0.25, -0.2) is 0 Å². The number of likely N-dealkylation sites (tertiary alicyclic amines) is 2. The Morgan fingerprint density at radius 3 is 2.24 bits per heavy atom. The van der Waals surface area contributed by atoms with E-state index < -0.39 is 0 Å². The smallest absolute Gasteiger partial charge is 0.230 e. The fraction of sp³-hybridized carbons (Fsp3) is 0.379. The van der Waals surface area contributed by atoms with Crippen LogP contribution in [-0.4, -0.2) is 46.9 Å². The number of hydrogen-bond donors (Lipinski definition) is 0. The second-order valence-corrected chi connectivity index (χ2v) is 10.1. The molecule has 2 aliphatic heterocycles. The monoisotopic (exact) mass is 437 g/mol. The highest BCUT2D eigenvalue weighted by molar-refractivity contribution is 5.87. The molecular weight excluding hydrogens is 406 g/mol. The molecule has 0 N–H and O–H groups in total. The van der Waals surface area contributed by atoms with Gasteiger partial charge in [0.25, 0.3) is 0 Å². The van der Waals surface area contributed by atoms with E-state index in [0.29, 0.717) is 5.91 Å². The summed E-state index contributed by atoms with van der Waals surface area (Å²) in [6.45, 7) is 3.49. The number of nitrogens with zero attached hydrogens (tertiary/aromatic N) is 3. The molecule has 3 fully saturated rings. The van der Waals surface area contributed by atoms with E-state index >= 15 is 0 Å². The number of pyridine rings is 1. The number of hydrogen-bond acceptors (Lipinski definition) is 3. The number of carbonyl (C=O) groups excluding carboxylic acids is 1. The van der Waals surface area contributed by atoms with Crippen molar-refractivity contribution in [1.29, 1.82) is 0 Å². The molecule has 3 aliphatic rings. The van der Waals surface area contributed by atoms with Gasteiger partial charge in [-0.2, -0.15) is 0 Å². The summed E-state index contributed by atoms with van der Waals surface area (Å²) in [5.74, 6) is 1.25. The van der Waals surface area contributed by atoms with Gasteiger partial charge in [-0.15, -0.1) is 0 Å². The van der Waals surface area contributed by atoms with Crippen LogP contribution in [0.15, 0.2) is 85.2 Å². The van der Waals surface area contributed by atoms with E-state index in [-0.39, 0.29) is 17.4 Å². The highest BCUT2D eigenvalue weighted by Gasteiger charge is 2.58. The van der Waals surface area contributed by atoms with Gasteiger partial charge in [0.1, 0.15) is 0 Å². The van der Waals surface area contributed by atoms with Crippen LogP contribution in [0.4, 0.5) is 0 Å². The van der Waals surface area contributed by atoms with Crippen molar-refractivity contribution in [2.45, 2.75) is 31.2 Å². The molecule has 0 bridgehead atoms. The third-order valence-corrected chi connectivity index (χ3v) is 7.97. The summed E-state index contributed by atoms with van der Waals surface area (Å²) in [6.07, 6.45) is 7.30. The van der Waals surface area contributed by atoms with E-state index in [1.807, 2.05) is 18.5 Å². The molecule has 6 rings (SSSR count). The Balaban J connectivity index is 1.40. The van der Waals surface area contributed by atoms with Crippen LogP contribution >= 0.6 is 0 Å². The molecule has 168 valence electrons. The fourth-order valence-corrected chi connectivity index (χ4v) is 6.15. The lowest BCUT2D eigenvalue weighted by Gasteiger charge is -2.31. The van der Waals surface area contributed by atoms with Crippen LogP contribution < -0.4 is 0 Å². The van der Waals surface area contributed by atoms with Gasteiger partial charge in [-0.3, -0.25) is 14.7 Å². The predicted octanol–water partition coefficient (Wildman–Crippen LogP) is 4.90. The third kappa shape index (κ3) is 3.76. The molecule has 1 spiro atoms. The van der Waals surface area contributed by atoms with Gasteiger partial charge in [0, 0.05) is 44.5 Å². The number of amides is 1. The second kappa shape index (κ2) is 8.42. The molecule has 1 saturated carbocycles. The minimum atomic E-state index is -0.361. The summed E-state index contributed by atoms with van der Waals surface area (Å²) in [4.78, 5) is 23.2. The normalized spacial score (nSPS) is 25.4. The minimum absolute atomic E-state index is 0.135. The average Bonchev–Trinajstić information content (AvgIpc) is 3.54. The summed E-state index contributed by atoms with van der Waals surface area (Å²) in [5.41, 5.74) is 3.40. The van der Waals surface area contributed by atoms with Gasteiger partial charge in [0.15, 0.2) is 0 Å². The Morgan fingerprint density at radius 2 is 1.64 bits per heavy atom. The summed E-state index contributed by atoms with van der Waals surface area (Å²) in [6, 6.07) is 25.8. The van der Waals surface area contributed by atoms with Crippen molar-refractivity contribution in [3.05, 3.63) is 102 Å². The molecule has 33 heavy (non-hydrogen) atoms. The van der Waals surface area contributed by atoms with Crippen molar-refractivity contribution >= 4 is 5.91 Å². The molecule has 4 nitrogen and oxygen atoms in total. The maximum Gasteiger partial charge on any atom is 0.230 e. The second-order valence-electron chi connectivity index (χ2n) is 10.1. The first-order chi connectivity index (χ1) is 16.2. The molecule has 3 aromatic rings. The Labute approximate surface area is 196 Å². The summed E-state index contributed by atoms with van der Waals surface area (Å²) in [5, 5.41) is 0. The summed E-state index contributed by atoms with van der Waals surface area (Å²) < 4.78 is 0. The average molecular weight is 438 g/mol. The number of carbonyl (C=O) groups is 1. The summed E-state index contributed by atoms with van der Waals surface area (Å²) in [7, 11) is 0. The van der Waals surface area contributed by atoms with Crippen LogP contribution in [0.2, 0.25) is 0 Å². The van der Waals surface area contributed by atoms with Crippen molar-refractivity contribution < 1.29 is 4.79 Å². The van der Waals surface area contributed by atoms with Gasteiger partial charge in [-0.1, -0.05) is 66.7 Å². The van der Waals surface area contributed by atoms with Crippen LogP contribution in [-0.2, 0) is 4.79 Å². The van der Waals surface area contributed by atoms with Crippen LogP contribution in [0.25, 0.3) is 0 Å².